The Bertz CT molecular complexity index is 1380. The summed E-state index contributed by atoms with van der Waals surface area (Å²) in [6.45, 7) is 14.2. The van der Waals surface area contributed by atoms with Crippen molar-refractivity contribution in [2.75, 3.05) is 56.5 Å². The fourth-order valence-corrected chi connectivity index (χ4v) is 5.54. The lowest BCUT2D eigenvalue weighted by Gasteiger charge is -2.31. The third-order valence-corrected chi connectivity index (χ3v) is 8.45. The van der Waals surface area contributed by atoms with Crippen molar-refractivity contribution in [3.63, 3.8) is 0 Å². The molecule has 1 saturated carbocycles. The molecular formula is C34H46FN5O5S. The second-order valence-corrected chi connectivity index (χ2v) is 13.2. The molecule has 2 aliphatic rings. The monoisotopic (exact) mass is 655 g/mol. The molecule has 0 radical (unpaired) electrons. The lowest BCUT2D eigenvalue weighted by Crippen LogP contribution is -2.47. The van der Waals surface area contributed by atoms with Crippen LogP contribution in [0.2, 0.25) is 0 Å². The van der Waals surface area contributed by atoms with Gasteiger partial charge in [0, 0.05) is 61.2 Å². The van der Waals surface area contributed by atoms with E-state index in [9.17, 15) is 19.2 Å². The molecule has 0 unspecified atom stereocenters. The highest BCUT2D eigenvalue weighted by molar-refractivity contribution is 8.01. The molecule has 0 bridgehead atoms. The summed E-state index contributed by atoms with van der Waals surface area (Å²) in [6, 6.07) is 10.1. The van der Waals surface area contributed by atoms with Gasteiger partial charge < -0.3 is 19.9 Å². The van der Waals surface area contributed by atoms with E-state index in [0.29, 0.717) is 59.0 Å². The van der Waals surface area contributed by atoms with E-state index in [0.717, 1.165) is 45.3 Å². The van der Waals surface area contributed by atoms with Crippen LogP contribution in [-0.2, 0) is 19.1 Å². The molecule has 250 valence electrons. The molecule has 0 atom stereocenters. The van der Waals surface area contributed by atoms with Crippen molar-refractivity contribution in [3.8, 4) is 11.1 Å². The number of carbonyl (C=O) groups is 4. The van der Waals surface area contributed by atoms with Gasteiger partial charge in [-0.1, -0.05) is 19.1 Å². The van der Waals surface area contributed by atoms with E-state index in [4.69, 9.17) is 0 Å². The number of rotatable bonds is 13. The number of anilines is 2. The van der Waals surface area contributed by atoms with E-state index in [1.807, 2.05) is 32.6 Å². The first-order chi connectivity index (χ1) is 21.9. The SMILES string of the molecule is CC(C)(C)OC=O.CCNS/C(=C(/C)C=O)N(c1cc(-c2ccc(NC(=O)CN3CCN(C)CC3)cc2)c(F)cc1C=O)C1CC1. The minimum Gasteiger partial charge on any atom is -0.462 e. The summed E-state index contributed by atoms with van der Waals surface area (Å²) in [4.78, 5) is 52.2. The van der Waals surface area contributed by atoms with Crippen LogP contribution in [0.4, 0.5) is 15.8 Å². The third kappa shape index (κ3) is 11.0. The summed E-state index contributed by atoms with van der Waals surface area (Å²) in [5, 5.41) is 3.63. The van der Waals surface area contributed by atoms with Gasteiger partial charge in [0.25, 0.3) is 6.47 Å². The number of aldehydes is 2. The molecule has 2 fully saturated rings. The molecule has 0 aromatic heterocycles. The molecule has 0 spiro atoms. The molecule has 1 saturated heterocycles. The molecule has 46 heavy (non-hydrogen) atoms. The first-order valence-corrected chi connectivity index (χ1v) is 16.3. The number of benzene rings is 2. The second-order valence-electron chi connectivity index (χ2n) is 12.3. The zero-order chi connectivity index (χ0) is 33.9. The van der Waals surface area contributed by atoms with Crippen LogP contribution >= 0.6 is 11.9 Å². The number of halogens is 1. The van der Waals surface area contributed by atoms with E-state index in [2.05, 4.69) is 31.6 Å². The Balaban J connectivity index is 0.000000738. The topological polar surface area (TPSA) is 111 Å². The van der Waals surface area contributed by atoms with Gasteiger partial charge in [-0.3, -0.25) is 28.8 Å². The Morgan fingerprint density at radius 1 is 1.09 bits per heavy atom. The molecule has 1 aliphatic heterocycles. The summed E-state index contributed by atoms with van der Waals surface area (Å²) in [5.74, 6) is -0.598. The molecule has 10 nitrogen and oxygen atoms in total. The first-order valence-electron chi connectivity index (χ1n) is 15.5. The maximum Gasteiger partial charge on any atom is 0.293 e. The Kier molecular flexibility index (Phi) is 13.9. The van der Waals surface area contributed by atoms with Crippen molar-refractivity contribution in [2.45, 2.75) is 59.1 Å². The minimum absolute atomic E-state index is 0.0840. The predicted octanol–water partition coefficient (Wildman–Crippen LogP) is 5.11. The first kappa shape index (κ1) is 36.9. The summed E-state index contributed by atoms with van der Waals surface area (Å²) in [5.41, 5.74) is 2.61. The maximum absolute atomic E-state index is 15.3. The summed E-state index contributed by atoms with van der Waals surface area (Å²) >= 11 is 1.34. The van der Waals surface area contributed by atoms with Gasteiger partial charge in [-0.25, -0.2) is 4.39 Å². The average Bonchev–Trinajstić information content (AvgIpc) is 3.86. The number of piperazine rings is 1. The normalized spacial score (nSPS) is 16.0. The molecular weight excluding hydrogens is 609 g/mol. The van der Waals surface area contributed by atoms with E-state index in [1.54, 1.807) is 37.3 Å². The van der Waals surface area contributed by atoms with Gasteiger partial charge in [0.1, 0.15) is 17.7 Å². The Labute approximate surface area is 275 Å². The number of ether oxygens (including phenoxy) is 1. The predicted molar refractivity (Wildman–Crippen MR) is 182 cm³/mol. The Morgan fingerprint density at radius 3 is 2.24 bits per heavy atom. The number of amides is 1. The molecule has 1 heterocycles. The molecule has 2 aromatic rings. The quantitative estimate of drug-likeness (QED) is 0.172. The zero-order valence-corrected chi connectivity index (χ0v) is 28.4. The van der Waals surface area contributed by atoms with Crippen LogP contribution in [0.5, 0.6) is 0 Å². The standard InChI is InChI=1S/C29H36FN5O3S.C5H10O2/c1-4-31-39-29(20(2)18-36)35(24-9-10-24)27-16-25(26(30)15-22(27)19-37)21-5-7-23(8-6-21)32-28(38)17-34-13-11-33(3)12-14-34;1-5(2,3)7-4-6/h5-8,15-16,18-19,24,31H,4,9-14,17H2,1-3H3,(H,32,38);4H,1-3H3/b29-20-;. The number of likely N-dealkylation sites (N-methyl/N-ethyl adjacent to an activating group) is 1. The van der Waals surface area contributed by atoms with Gasteiger partial charge in [0.2, 0.25) is 5.91 Å². The van der Waals surface area contributed by atoms with Crippen molar-refractivity contribution < 1.29 is 28.3 Å². The number of nitrogens with zero attached hydrogens (tertiary/aromatic N) is 3. The molecule has 2 N–H and O–H groups in total. The number of carbonyl (C=O) groups excluding carboxylic acids is 4. The smallest absolute Gasteiger partial charge is 0.293 e. The van der Waals surface area contributed by atoms with Gasteiger partial charge in [0.15, 0.2) is 6.29 Å². The maximum atomic E-state index is 15.3. The van der Waals surface area contributed by atoms with E-state index in [-0.39, 0.29) is 23.1 Å². The minimum atomic E-state index is -0.513. The van der Waals surface area contributed by atoms with Crippen molar-refractivity contribution in [2.24, 2.45) is 0 Å². The van der Waals surface area contributed by atoms with Crippen LogP contribution in [0.25, 0.3) is 11.1 Å². The summed E-state index contributed by atoms with van der Waals surface area (Å²) < 4.78 is 23.0. The highest BCUT2D eigenvalue weighted by Crippen LogP contribution is 2.42. The fourth-order valence-electron chi connectivity index (χ4n) is 4.70. The van der Waals surface area contributed by atoms with Crippen molar-refractivity contribution in [1.82, 2.24) is 14.5 Å². The van der Waals surface area contributed by atoms with Crippen molar-refractivity contribution in [1.29, 1.82) is 0 Å². The number of nitrogens with one attached hydrogen (secondary N) is 2. The van der Waals surface area contributed by atoms with Crippen LogP contribution in [-0.4, -0.2) is 92.7 Å². The van der Waals surface area contributed by atoms with E-state index in [1.165, 1.54) is 18.0 Å². The van der Waals surface area contributed by atoms with E-state index < -0.39 is 5.82 Å². The molecule has 2 aromatic carbocycles. The summed E-state index contributed by atoms with van der Waals surface area (Å²) in [6.07, 6.45) is 3.28. The lowest BCUT2D eigenvalue weighted by atomic mass is 10.0. The van der Waals surface area contributed by atoms with Crippen LogP contribution in [0, 0.1) is 5.82 Å². The van der Waals surface area contributed by atoms with Crippen LogP contribution in [0.1, 0.15) is 57.8 Å². The zero-order valence-electron chi connectivity index (χ0n) is 27.6. The Morgan fingerprint density at radius 2 is 1.74 bits per heavy atom. The average molecular weight is 656 g/mol. The molecule has 1 aliphatic carbocycles. The summed E-state index contributed by atoms with van der Waals surface area (Å²) in [7, 11) is 2.07. The second kappa shape index (κ2) is 17.4. The molecule has 4 rings (SSSR count). The van der Waals surface area contributed by atoms with Gasteiger partial charge in [-0.2, -0.15) is 0 Å². The number of hydrogen-bond donors (Lipinski definition) is 2. The van der Waals surface area contributed by atoms with Gasteiger partial charge in [-0.05, 0) is 89.4 Å². The van der Waals surface area contributed by atoms with Crippen LogP contribution < -0.4 is 14.9 Å². The van der Waals surface area contributed by atoms with Crippen LogP contribution in [0.3, 0.4) is 0 Å². The van der Waals surface area contributed by atoms with Gasteiger partial charge in [0.05, 0.1) is 17.3 Å². The van der Waals surface area contributed by atoms with Crippen molar-refractivity contribution >= 4 is 48.3 Å². The van der Waals surface area contributed by atoms with Crippen LogP contribution in [0.15, 0.2) is 47.0 Å². The lowest BCUT2D eigenvalue weighted by molar-refractivity contribution is -0.138. The van der Waals surface area contributed by atoms with Gasteiger partial charge in [-0.15, -0.1) is 0 Å². The van der Waals surface area contributed by atoms with Gasteiger partial charge >= 0.3 is 0 Å². The Hall–Kier alpha value is -3.58. The van der Waals surface area contributed by atoms with E-state index >= 15 is 4.39 Å². The van der Waals surface area contributed by atoms with Crippen molar-refractivity contribution in [3.05, 3.63) is 58.4 Å². The molecule has 12 heteroatoms. The number of allylic oxidation sites excluding steroid dienone is 1. The highest BCUT2D eigenvalue weighted by atomic mass is 32.2. The largest absolute Gasteiger partial charge is 0.462 e. The molecule has 1 amide bonds. The fraction of sp³-hybridized carbons (Fsp3) is 0.471. The number of hydrogen-bond acceptors (Lipinski definition) is 10. The third-order valence-electron chi connectivity index (χ3n) is 7.31. The highest BCUT2D eigenvalue weighted by Gasteiger charge is 2.35.